The fraction of sp³-hybridized carbons (Fsp3) is 0.400. The number of hydrogen-bond donors (Lipinski definition) is 0. The van der Waals surface area contributed by atoms with Crippen molar-refractivity contribution in [3.63, 3.8) is 0 Å². The standard InChI is InChI=1S/C30H32ClN5O3S/c1-40(37,38)35-15-11-29-27(22-35)30(33-36(29)14-3-13-34-16-18-39-19-17-34)26-8-9-28(31)25(21-26)7-6-23-4-2-5-24(20-23)10-12-32/h2,4-5,8-9,20-21H,3,10-11,13-19,22H2,1H3. The monoisotopic (exact) mass is 577 g/mol. The van der Waals surface area contributed by atoms with E-state index in [0.717, 1.165) is 79.5 Å². The van der Waals surface area contributed by atoms with Crippen molar-refractivity contribution in [2.24, 2.45) is 0 Å². The van der Waals surface area contributed by atoms with E-state index in [9.17, 15) is 8.42 Å². The minimum absolute atomic E-state index is 0.294. The molecule has 0 unspecified atom stereocenters. The molecule has 3 heterocycles. The molecule has 2 aliphatic heterocycles. The molecule has 0 aliphatic carbocycles. The van der Waals surface area contributed by atoms with Gasteiger partial charge in [-0.2, -0.15) is 14.7 Å². The Morgan fingerprint density at radius 2 is 1.90 bits per heavy atom. The van der Waals surface area contributed by atoms with E-state index < -0.39 is 10.0 Å². The van der Waals surface area contributed by atoms with Gasteiger partial charge in [0, 0.05) is 73.6 Å². The molecule has 0 N–H and O–H groups in total. The Bertz CT molecular complexity index is 1590. The summed E-state index contributed by atoms with van der Waals surface area (Å²) in [6, 6.07) is 15.4. The van der Waals surface area contributed by atoms with Gasteiger partial charge in [0.05, 0.1) is 42.7 Å². The summed E-state index contributed by atoms with van der Waals surface area (Å²) in [7, 11) is -3.34. The third-order valence-electron chi connectivity index (χ3n) is 7.31. The van der Waals surface area contributed by atoms with Crippen LogP contribution in [-0.4, -0.2) is 73.1 Å². The van der Waals surface area contributed by atoms with Gasteiger partial charge in [-0.15, -0.1) is 0 Å². The Hall–Kier alpha value is -3.18. The largest absolute Gasteiger partial charge is 0.379 e. The van der Waals surface area contributed by atoms with E-state index in [1.807, 2.05) is 42.5 Å². The second kappa shape index (κ2) is 12.6. The van der Waals surface area contributed by atoms with Crippen molar-refractivity contribution < 1.29 is 13.2 Å². The molecule has 0 amide bonds. The first kappa shape index (κ1) is 28.4. The molecule has 8 nitrogen and oxygen atoms in total. The van der Waals surface area contributed by atoms with Crippen LogP contribution < -0.4 is 0 Å². The number of nitrogens with zero attached hydrogens (tertiary/aromatic N) is 5. The van der Waals surface area contributed by atoms with Crippen LogP contribution in [-0.2, 0) is 40.7 Å². The lowest BCUT2D eigenvalue weighted by Crippen LogP contribution is -2.37. The summed E-state index contributed by atoms with van der Waals surface area (Å²) in [5.74, 6) is 6.34. The lowest BCUT2D eigenvalue weighted by Gasteiger charge is -2.27. The topological polar surface area (TPSA) is 91.5 Å². The highest BCUT2D eigenvalue weighted by atomic mass is 35.5. The van der Waals surface area contributed by atoms with Gasteiger partial charge in [0.25, 0.3) is 0 Å². The van der Waals surface area contributed by atoms with Crippen LogP contribution in [0.1, 0.15) is 34.4 Å². The van der Waals surface area contributed by atoms with E-state index in [4.69, 9.17) is 26.7 Å². The summed E-state index contributed by atoms with van der Waals surface area (Å²) in [6.07, 6.45) is 3.15. The Kier molecular flexibility index (Phi) is 8.90. The van der Waals surface area contributed by atoms with E-state index in [0.29, 0.717) is 36.5 Å². The van der Waals surface area contributed by atoms with Crippen molar-refractivity contribution in [3.8, 4) is 29.2 Å². The van der Waals surface area contributed by atoms with Crippen LogP contribution in [0.15, 0.2) is 42.5 Å². The van der Waals surface area contributed by atoms with Gasteiger partial charge in [-0.3, -0.25) is 9.58 Å². The number of ether oxygens (including phenoxy) is 1. The number of fused-ring (bicyclic) bond motifs is 1. The molecule has 1 aromatic heterocycles. The van der Waals surface area contributed by atoms with Crippen molar-refractivity contribution in [2.45, 2.75) is 32.4 Å². The summed E-state index contributed by atoms with van der Waals surface area (Å²) >= 11 is 6.53. The van der Waals surface area contributed by atoms with Gasteiger partial charge in [0.2, 0.25) is 10.0 Å². The maximum atomic E-state index is 12.4. The molecule has 2 aliphatic rings. The van der Waals surface area contributed by atoms with Crippen molar-refractivity contribution in [1.82, 2.24) is 19.0 Å². The maximum absolute atomic E-state index is 12.4. The number of halogens is 1. The molecular weight excluding hydrogens is 546 g/mol. The number of aromatic nitrogens is 2. The second-order valence-electron chi connectivity index (χ2n) is 10.1. The fourth-order valence-electron chi connectivity index (χ4n) is 5.19. The smallest absolute Gasteiger partial charge is 0.211 e. The number of nitriles is 1. The highest BCUT2D eigenvalue weighted by Crippen LogP contribution is 2.33. The van der Waals surface area contributed by atoms with E-state index >= 15 is 0 Å². The molecule has 40 heavy (non-hydrogen) atoms. The molecular formula is C30H32ClN5O3S. The highest BCUT2D eigenvalue weighted by molar-refractivity contribution is 7.88. The highest BCUT2D eigenvalue weighted by Gasteiger charge is 2.30. The molecule has 0 bridgehead atoms. The predicted octanol–water partition coefficient (Wildman–Crippen LogP) is 3.71. The molecule has 1 saturated heterocycles. The van der Waals surface area contributed by atoms with E-state index in [1.165, 1.54) is 10.6 Å². The molecule has 2 aromatic carbocycles. The summed E-state index contributed by atoms with van der Waals surface area (Å²) in [4.78, 5) is 2.41. The van der Waals surface area contributed by atoms with E-state index in [-0.39, 0.29) is 0 Å². The van der Waals surface area contributed by atoms with Crippen LogP contribution in [0.4, 0.5) is 0 Å². The zero-order valence-electron chi connectivity index (χ0n) is 22.6. The first-order valence-corrected chi connectivity index (χ1v) is 15.7. The number of morpholine rings is 1. The Morgan fingerprint density at radius 3 is 2.67 bits per heavy atom. The van der Waals surface area contributed by atoms with Gasteiger partial charge in [-0.05, 0) is 36.2 Å². The molecule has 0 saturated carbocycles. The van der Waals surface area contributed by atoms with Gasteiger partial charge in [-0.25, -0.2) is 8.42 Å². The number of benzene rings is 2. The first-order valence-electron chi connectivity index (χ1n) is 13.4. The summed E-state index contributed by atoms with van der Waals surface area (Å²) in [6.45, 7) is 5.92. The SMILES string of the molecule is CS(=O)(=O)N1CCc2c(c(-c3ccc(Cl)c(C#Cc4cccc(CC#N)c4)c3)nn2CCCN2CCOCC2)C1. The molecule has 5 rings (SSSR count). The fourth-order valence-corrected chi connectivity index (χ4v) is 6.14. The van der Waals surface area contributed by atoms with E-state index in [1.54, 1.807) is 0 Å². The summed E-state index contributed by atoms with van der Waals surface area (Å²) in [5, 5.41) is 14.5. The van der Waals surface area contributed by atoms with E-state index in [2.05, 4.69) is 27.5 Å². The second-order valence-corrected chi connectivity index (χ2v) is 12.5. The van der Waals surface area contributed by atoms with Gasteiger partial charge in [0.1, 0.15) is 0 Å². The Morgan fingerprint density at radius 1 is 1.07 bits per heavy atom. The van der Waals surface area contributed by atoms with Crippen molar-refractivity contribution in [2.75, 3.05) is 45.6 Å². The van der Waals surface area contributed by atoms with Crippen LogP contribution in [0.3, 0.4) is 0 Å². The van der Waals surface area contributed by atoms with Crippen LogP contribution in [0.5, 0.6) is 0 Å². The molecule has 1 fully saturated rings. The van der Waals surface area contributed by atoms with Crippen molar-refractivity contribution >= 4 is 21.6 Å². The molecule has 3 aromatic rings. The van der Waals surface area contributed by atoms with Crippen molar-refractivity contribution in [3.05, 3.63) is 75.4 Å². The maximum Gasteiger partial charge on any atom is 0.211 e. The van der Waals surface area contributed by atoms with Crippen molar-refractivity contribution in [1.29, 1.82) is 5.26 Å². The normalized spacial score (nSPS) is 16.1. The quantitative estimate of drug-likeness (QED) is 0.398. The zero-order chi connectivity index (χ0) is 28.1. The average molecular weight is 578 g/mol. The lowest BCUT2D eigenvalue weighted by molar-refractivity contribution is 0.0368. The van der Waals surface area contributed by atoms with Gasteiger partial charge < -0.3 is 4.74 Å². The van der Waals surface area contributed by atoms with Gasteiger partial charge >= 0.3 is 0 Å². The van der Waals surface area contributed by atoms with Crippen LogP contribution in [0.2, 0.25) is 5.02 Å². The first-order chi connectivity index (χ1) is 19.3. The minimum Gasteiger partial charge on any atom is -0.379 e. The molecule has 208 valence electrons. The summed E-state index contributed by atoms with van der Waals surface area (Å²) in [5.41, 5.74) is 6.03. The number of rotatable bonds is 7. The molecule has 0 atom stereocenters. The Balaban J connectivity index is 1.45. The minimum atomic E-state index is -3.34. The zero-order valence-corrected chi connectivity index (χ0v) is 24.1. The molecule has 0 spiro atoms. The summed E-state index contributed by atoms with van der Waals surface area (Å²) < 4.78 is 33.9. The van der Waals surface area contributed by atoms with Crippen LogP contribution >= 0.6 is 11.6 Å². The average Bonchev–Trinajstić information content (AvgIpc) is 3.31. The van der Waals surface area contributed by atoms with Crippen LogP contribution in [0, 0.1) is 23.2 Å². The third kappa shape index (κ3) is 6.75. The molecule has 0 radical (unpaired) electrons. The number of aryl methyl sites for hydroxylation is 1. The number of sulfonamides is 1. The number of hydrogen-bond acceptors (Lipinski definition) is 6. The third-order valence-corrected chi connectivity index (χ3v) is 8.89. The van der Waals surface area contributed by atoms with Gasteiger partial charge in [0.15, 0.2) is 0 Å². The lowest BCUT2D eigenvalue weighted by atomic mass is 10.0. The predicted molar refractivity (Wildman–Crippen MR) is 155 cm³/mol. The van der Waals surface area contributed by atoms with Gasteiger partial charge in [-0.1, -0.05) is 41.6 Å². The Labute approximate surface area is 241 Å². The van der Waals surface area contributed by atoms with Crippen LogP contribution in [0.25, 0.3) is 11.3 Å². The molecule has 10 heteroatoms.